The molecule has 5 nitrogen and oxygen atoms in total. The van der Waals surface area contributed by atoms with E-state index in [0.717, 1.165) is 6.42 Å². The number of nitrogens with one attached hydrogen (secondary N) is 1. The Morgan fingerprint density at radius 1 is 1.33 bits per heavy atom. The lowest BCUT2D eigenvalue weighted by molar-refractivity contribution is -0.139. The predicted molar refractivity (Wildman–Crippen MR) is 71.9 cm³/mol. The number of hydrogen-bond donors (Lipinski definition) is 2. The van der Waals surface area contributed by atoms with Crippen molar-refractivity contribution in [2.75, 3.05) is 5.75 Å². The van der Waals surface area contributed by atoms with Crippen LogP contribution >= 0.6 is 0 Å². The fraction of sp³-hybridized carbons (Fsp3) is 0.917. The second-order valence-corrected chi connectivity index (χ2v) is 7.65. The Kier molecular flexibility index (Phi) is 6.84. The molecule has 0 fully saturated rings. The van der Waals surface area contributed by atoms with E-state index in [9.17, 15) is 13.2 Å². The first-order valence-corrected chi connectivity index (χ1v) is 7.95. The first kappa shape index (κ1) is 17.4. The summed E-state index contributed by atoms with van der Waals surface area (Å²) >= 11 is 0. The lowest BCUT2D eigenvalue weighted by Gasteiger charge is -2.18. The van der Waals surface area contributed by atoms with Crippen LogP contribution in [0.2, 0.25) is 0 Å². The maximum atomic E-state index is 11.7. The summed E-state index contributed by atoms with van der Waals surface area (Å²) in [7, 11) is -3.50. The zero-order valence-electron chi connectivity index (χ0n) is 11.7. The topological polar surface area (TPSA) is 83.5 Å². The number of carboxylic acids is 1. The molecule has 0 rings (SSSR count). The van der Waals surface area contributed by atoms with Gasteiger partial charge in [-0.2, -0.15) is 0 Å². The van der Waals surface area contributed by atoms with E-state index in [0.29, 0.717) is 19.3 Å². The molecule has 108 valence electrons. The van der Waals surface area contributed by atoms with E-state index in [1.165, 1.54) is 0 Å². The average molecular weight is 279 g/mol. The van der Waals surface area contributed by atoms with Gasteiger partial charge in [-0.05, 0) is 24.7 Å². The monoisotopic (exact) mass is 279 g/mol. The van der Waals surface area contributed by atoms with Crippen LogP contribution in [0, 0.1) is 5.41 Å². The van der Waals surface area contributed by atoms with Crippen molar-refractivity contribution < 1.29 is 18.3 Å². The minimum Gasteiger partial charge on any atom is -0.480 e. The highest BCUT2D eigenvalue weighted by Gasteiger charge is 2.23. The molecule has 0 saturated carbocycles. The third-order valence-corrected chi connectivity index (χ3v) is 4.01. The first-order chi connectivity index (χ1) is 8.07. The summed E-state index contributed by atoms with van der Waals surface area (Å²) in [5.41, 5.74) is 0.0884. The third-order valence-electron chi connectivity index (χ3n) is 2.54. The lowest BCUT2D eigenvalue weighted by atomic mass is 9.91. The largest absolute Gasteiger partial charge is 0.480 e. The van der Waals surface area contributed by atoms with Gasteiger partial charge in [0.05, 0.1) is 5.75 Å². The van der Waals surface area contributed by atoms with Gasteiger partial charge in [0.2, 0.25) is 10.0 Å². The van der Waals surface area contributed by atoms with Crippen LogP contribution in [0.5, 0.6) is 0 Å². The Morgan fingerprint density at radius 3 is 2.28 bits per heavy atom. The summed E-state index contributed by atoms with van der Waals surface area (Å²) in [6.45, 7) is 7.96. The number of carbonyl (C=O) groups is 1. The molecule has 1 atom stereocenters. The summed E-state index contributed by atoms with van der Waals surface area (Å²) in [6.07, 6.45) is 2.27. The molecular weight excluding hydrogens is 254 g/mol. The highest BCUT2D eigenvalue weighted by atomic mass is 32.2. The maximum absolute atomic E-state index is 11.7. The smallest absolute Gasteiger partial charge is 0.321 e. The van der Waals surface area contributed by atoms with Crippen molar-refractivity contribution in [2.24, 2.45) is 5.41 Å². The van der Waals surface area contributed by atoms with Crippen LogP contribution in [0.25, 0.3) is 0 Å². The van der Waals surface area contributed by atoms with Gasteiger partial charge in [0.15, 0.2) is 0 Å². The molecule has 0 aromatic carbocycles. The van der Waals surface area contributed by atoms with Gasteiger partial charge in [-0.3, -0.25) is 4.79 Å². The number of hydrogen-bond acceptors (Lipinski definition) is 3. The zero-order chi connectivity index (χ0) is 14.4. The van der Waals surface area contributed by atoms with Crippen LogP contribution in [0.15, 0.2) is 0 Å². The van der Waals surface area contributed by atoms with E-state index < -0.39 is 22.0 Å². The van der Waals surface area contributed by atoms with Gasteiger partial charge in [0.1, 0.15) is 6.04 Å². The van der Waals surface area contributed by atoms with Gasteiger partial charge in [-0.15, -0.1) is 0 Å². The molecule has 0 bridgehead atoms. The Hall–Kier alpha value is -0.620. The molecule has 0 aliphatic carbocycles. The molecule has 6 heteroatoms. The molecule has 1 unspecified atom stereocenters. The maximum Gasteiger partial charge on any atom is 0.321 e. The molecular formula is C12H25NO4S. The standard InChI is InChI=1S/C12H25NO4S/c1-5-7-10(11(14)15)13-18(16,17)9-6-8-12(2,3)4/h10,13H,5-9H2,1-4H3,(H,14,15). The molecule has 0 aliphatic heterocycles. The second kappa shape index (κ2) is 7.09. The van der Waals surface area contributed by atoms with Crippen molar-refractivity contribution in [1.82, 2.24) is 4.72 Å². The molecule has 0 radical (unpaired) electrons. The Morgan fingerprint density at radius 2 is 1.89 bits per heavy atom. The van der Waals surface area contributed by atoms with Crippen LogP contribution in [0.1, 0.15) is 53.4 Å². The van der Waals surface area contributed by atoms with Gasteiger partial charge in [-0.25, -0.2) is 13.1 Å². The number of aliphatic carboxylic acids is 1. The Labute approximate surface area is 110 Å². The molecule has 0 amide bonds. The SMILES string of the molecule is CCCC(NS(=O)(=O)CCCC(C)(C)C)C(=O)O. The van der Waals surface area contributed by atoms with Crippen molar-refractivity contribution in [3.05, 3.63) is 0 Å². The van der Waals surface area contributed by atoms with E-state index >= 15 is 0 Å². The van der Waals surface area contributed by atoms with Crippen molar-refractivity contribution >= 4 is 16.0 Å². The van der Waals surface area contributed by atoms with Crippen molar-refractivity contribution in [3.63, 3.8) is 0 Å². The Balaban J connectivity index is 4.33. The minimum atomic E-state index is -3.50. The van der Waals surface area contributed by atoms with Crippen LogP contribution < -0.4 is 4.72 Å². The summed E-state index contributed by atoms with van der Waals surface area (Å²) in [5, 5.41) is 8.90. The van der Waals surface area contributed by atoms with Gasteiger partial charge in [-0.1, -0.05) is 34.1 Å². The fourth-order valence-electron chi connectivity index (χ4n) is 1.59. The number of sulfonamides is 1. The molecule has 0 aromatic heterocycles. The molecule has 0 spiro atoms. The van der Waals surface area contributed by atoms with Gasteiger partial charge >= 0.3 is 5.97 Å². The minimum absolute atomic E-state index is 0.0161. The van der Waals surface area contributed by atoms with Crippen LogP contribution in [-0.4, -0.2) is 31.3 Å². The molecule has 0 aromatic rings. The second-order valence-electron chi connectivity index (χ2n) is 5.78. The van der Waals surface area contributed by atoms with Crippen molar-refractivity contribution in [2.45, 2.75) is 59.4 Å². The van der Waals surface area contributed by atoms with Gasteiger partial charge in [0.25, 0.3) is 0 Å². The molecule has 18 heavy (non-hydrogen) atoms. The lowest BCUT2D eigenvalue weighted by Crippen LogP contribution is -2.41. The van der Waals surface area contributed by atoms with Crippen LogP contribution in [-0.2, 0) is 14.8 Å². The third kappa shape index (κ3) is 8.47. The molecule has 2 N–H and O–H groups in total. The van der Waals surface area contributed by atoms with E-state index in [-0.39, 0.29) is 11.2 Å². The van der Waals surface area contributed by atoms with Gasteiger partial charge in [0, 0.05) is 0 Å². The highest BCUT2D eigenvalue weighted by molar-refractivity contribution is 7.89. The van der Waals surface area contributed by atoms with E-state index in [2.05, 4.69) is 4.72 Å². The normalized spacial score (nSPS) is 14.4. The summed E-state index contributed by atoms with van der Waals surface area (Å²) in [6, 6.07) is -1.00. The zero-order valence-corrected chi connectivity index (χ0v) is 12.5. The van der Waals surface area contributed by atoms with Crippen LogP contribution in [0.3, 0.4) is 0 Å². The Bertz CT molecular complexity index is 357. The predicted octanol–water partition coefficient (Wildman–Crippen LogP) is 1.99. The quantitative estimate of drug-likeness (QED) is 0.711. The summed E-state index contributed by atoms with van der Waals surface area (Å²) in [5.74, 6) is -1.13. The number of rotatable bonds is 8. The van der Waals surface area contributed by atoms with Crippen molar-refractivity contribution in [3.8, 4) is 0 Å². The molecule has 0 heterocycles. The van der Waals surface area contributed by atoms with Crippen LogP contribution in [0.4, 0.5) is 0 Å². The first-order valence-electron chi connectivity index (χ1n) is 6.30. The van der Waals surface area contributed by atoms with E-state index in [4.69, 9.17) is 5.11 Å². The molecule has 0 saturated heterocycles. The average Bonchev–Trinajstić information content (AvgIpc) is 2.13. The number of carboxylic acid groups (broad SMARTS) is 1. The highest BCUT2D eigenvalue weighted by Crippen LogP contribution is 2.20. The molecule has 0 aliphatic rings. The summed E-state index contributed by atoms with van der Waals surface area (Å²) in [4.78, 5) is 10.9. The van der Waals surface area contributed by atoms with E-state index in [1.54, 1.807) is 0 Å². The van der Waals surface area contributed by atoms with Crippen molar-refractivity contribution in [1.29, 1.82) is 0 Å². The summed E-state index contributed by atoms with van der Waals surface area (Å²) < 4.78 is 25.7. The fourth-order valence-corrected chi connectivity index (χ4v) is 2.88. The van der Waals surface area contributed by atoms with E-state index in [1.807, 2.05) is 27.7 Å². The van der Waals surface area contributed by atoms with Gasteiger partial charge < -0.3 is 5.11 Å².